The molecule has 1 unspecified atom stereocenters. The number of carboxylic acids is 1. The van der Waals surface area contributed by atoms with E-state index >= 15 is 4.39 Å². The van der Waals surface area contributed by atoms with Gasteiger partial charge in [-0.1, -0.05) is 24.3 Å². The molecule has 5 heterocycles. The highest BCUT2D eigenvalue weighted by Gasteiger charge is 2.33. The van der Waals surface area contributed by atoms with E-state index in [1.165, 1.54) is 6.07 Å². The zero-order chi connectivity index (χ0) is 34.1. The first-order valence-corrected chi connectivity index (χ1v) is 16.1. The van der Waals surface area contributed by atoms with E-state index in [1.54, 1.807) is 25.3 Å². The van der Waals surface area contributed by atoms with Crippen LogP contribution in [0.2, 0.25) is 0 Å². The van der Waals surface area contributed by atoms with Crippen LogP contribution in [-0.4, -0.2) is 67.8 Å². The number of hydrogen-bond donors (Lipinski definition) is 2. The van der Waals surface area contributed by atoms with E-state index in [1.807, 2.05) is 69.3 Å². The van der Waals surface area contributed by atoms with E-state index in [4.69, 9.17) is 24.7 Å². The van der Waals surface area contributed by atoms with Gasteiger partial charge in [0.05, 0.1) is 29.9 Å². The molecular weight excluding hydrogens is 599 g/mol. The molecule has 6 bridgehead atoms. The molecule has 47 heavy (non-hydrogen) atoms. The number of hydrogen-bond acceptors (Lipinski definition) is 7. The van der Waals surface area contributed by atoms with Crippen LogP contribution in [0.4, 0.5) is 10.2 Å². The topological polar surface area (TPSA) is 109 Å². The van der Waals surface area contributed by atoms with Gasteiger partial charge in [0.1, 0.15) is 11.9 Å². The highest BCUT2D eigenvalue weighted by atomic mass is 19.1. The first-order valence-electron chi connectivity index (χ1n) is 16.1. The first kappa shape index (κ1) is 34.1. The molecule has 7 rings (SSSR count). The number of aliphatic hydroxyl groups is 1. The maximum atomic E-state index is 15.3. The van der Waals surface area contributed by atoms with Crippen LogP contribution in [0.25, 0.3) is 28.0 Å². The number of carboxylic acid groups (broad SMARTS) is 1. The summed E-state index contributed by atoms with van der Waals surface area (Å²) in [7, 11) is 0. The second-order valence-corrected chi connectivity index (χ2v) is 13.7. The zero-order valence-corrected chi connectivity index (χ0v) is 28.3. The summed E-state index contributed by atoms with van der Waals surface area (Å²) in [5, 5.41) is 23.2. The van der Waals surface area contributed by atoms with Crippen LogP contribution in [0.3, 0.4) is 0 Å². The molecule has 0 amide bonds. The summed E-state index contributed by atoms with van der Waals surface area (Å²) < 4.78 is 29.6. The van der Waals surface area contributed by atoms with E-state index < -0.39 is 17.4 Å². The van der Waals surface area contributed by atoms with Crippen molar-refractivity contribution >= 4 is 17.4 Å². The van der Waals surface area contributed by atoms with Gasteiger partial charge in [-0.05, 0) is 96.7 Å². The monoisotopic (exact) mass is 644 g/mol. The molecule has 0 saturated carbocycles. The first-order chi connectivity index (χ1) is 22.1. The van der Waals surface area contributed by atoms with Crippen molar-refractivity contribution < 1.29 is 28.9 Å². The Morgan fingerprint density at radius 1 is 1.11 bits per heavy atom. The van der Waals surface area contributed by atoms with Gasteiger partial charge in [-0.2, -0.15) is 9.61 Å². The minimum absolute atomic E-state index is 0.149. The van der Waals surface area contributed by atoms with Gasteiger partial charge >= 0.3 is 5.97 Å². The van der Waals surface area contributed by atoms with Gasteiger partial charge in [0, 0.05) is 41.5 Å². The van der Waals surface area contributed by atoms with Crippen LogP contribution in [-0.2, 0) is 16.0 Å². The SMILES string of the molecule is CC(C)(C)O.Cc1cc(F)c2c(c1)-c1cccc(c1)-c1cc3nc(C)c(CC(=O)O)c(n3n1)N1CCC(C)(CC1)OC/C=C/C(C)O2. The second kappa shape index (κ2) is 13.4. The van der Waals surface area contributed by atoms with E-state index in [9.17, 15) is 9.90 Å². The summed E-state index contributed by atoms with van der Waals surface area (Å²) >= 11 is 0. The van der Waals surface area contributed by atoms with Crippen LogP contribution >= 0.6 is 0 Å². The standard InChI is InChI=1S/C33H35FN4O4.C4H10O/c1-20-15-26-23-8-5-9-24(17-23)28-19-29-35-22(3)25(18-30(39)40)32(38(29)36-28)37-12-10-33(4,11-13-37)41-14-6-7-21(2)42-31(26)27(34)16-20;1-4(2,3)5/h5-9,15-17,19,21H,10-14,18H2,1-4H3,(H,39,40);5H,1-3H3/b7-6+;. The van der Waals surface area contributed by atoms with Gasteiger partial charge in [-0.25, -0.2) is 9.37 Å². The largest absolute Gasteiger partial charge is 0.483 e. The number of aromatic nitrogens is 3. The summed E-state index contributed by atoms with van der Waals surface area (Å²) in [6.45, 7) is 14.7. The Morgan fingerprint density at radius 3 is 2.47 bits per heavy atom. The van der Waals surface area contributed by atoms with E-state index in [2.05, 4.69) is 11.8 Å². The highest BCUT2D eigenvalue weighted by molar-refractivity contribution is 5.78. The second-order valence-electron chi connectivity index (χ2n) is 13.7. The summed E-state index contributed by atoms with van der Waals surface area (Å²) in [5.41, 5.74) is 4.88. The van der Waals surface area contributed by atoms with Crippen molar-refractivity contribution in [1.29, 1.82) is 0 Å². The molecular formula is C37H45FN4O5. The smallest absolute Gasteiger partial charge is 0.308 e. The highest BCUT2D eigenvalue weighted by Crippen LogP contribution is 2.38. The Morgan fingerprint density at radius 2 is 1.79 bits per heavy atom. The third-order valence-electron chi connectivity index (χ3n) is 8.22. The van der Waals surface area contributed by atoms with Crippen molar-refractivity contribution in [2.24, 2.45) is 0 Å². The maximum absolute atomic E-state index is 15.3. The summed E-state index contributed by atoms with van der Waals surface area (Å²) in [4.78, 5) is 18.9. The van der Waals surface area contributed by atoms with E-state index in [-0.39, 0.29) is 23.9 Å². The van der Waals surface area contributed by atoms with Gasteiger partial charge in [-0.3, -0.25) is 4.79 Å². The predicted octanol–water partition coefficient (Wildman–Crippen LogP) is 6.94. The van der Waals surface area contributed by atoms with Crippen molar-refractivity contribution in [2.75, 3.05) is 24.6 Å². The number of nitrogens with zero attached hydrogens (tertiary/aromatic N) is 4. The summed E-state index contributed by atoms with van der Waals surface area (Å²) in [5.74, 6) is -0.382. The Kier molecular flexibility index (Phi) is 9.75. The number of benzene rings is 2. The minimum Gasteiger partial charge on any atom is -0.483 e. The lowest BCUT2D eigenvalue weighted by Gasteiger charge is -2.40. The minimum atomic E-state index is -0.916. The number of piperidine rings is 1. The lowest BCUT2D eigenvalue weighted by atomic mass is 9.93. The molecule has 1 fully saturated rings. The summed E-state index contributed by atoms with van der Waals surface area (Å²) in [6.07, 6.45) is 4.82. The molecule has 9 nitrogen and oxygen atoms in total. The molecule has 0 radical (unpaired) electrons. The maximum Gasteiger partial charge on any atom is 0.308 e. The molecule has 10 heteroatoms. The normalized spacial score (nSPS) is 20.4. The number of halogens is 1. The van der Waals surface area contributed by atoms with Crippen LogP contribution < -0.4 is 9.64 Å². The summed E-state index contributed by atoms with van der Waals surface area (Å²) in [6, 6.07) is 13.1. The Balaban J connectivity index is 0.000000807. The van der Waals surface area contributed by atoms with Crippen LogP contribution in [0, 0.1) is 19.7 Å². The molecule has 4 aromatic rings. The number of rotatable bonds is 2. The van der Waals surface area contributed by atoms with Gasteiger partial charge in [0.15, 0.2) is 17.2 Å². The molecule has 2 N–H and O–H groups in total. The number of anilines is 1. The molecule has 1 saturated heterocycles. The average molecular weight is 645 g/mol. The van der Waals surface area contributed by atoms with Gasteiger partial charge in [0.2, 0.25) is 0 Å². The van der Waals surface area contributed by atoms with Crippen molar-refractivity contribution in [3.63, 3.8) is 0 Å². The molecule has 250 valence electrons. The van der Waals surface area contributed by atoms with Crippen LogP contribution in [0.1, 0.15) is 64.3 Å². The molecule has 3 aliphatic heterocycles. The predicted molar refractivity (Wildman–Crippen MR) is 182 cm³/mol. The number of aryl methyl sites for hydroxylation is 2. The Labute approximate surface area is 275 Å². The molecule has 1 atom stereocenters. The van der Waals surface area contributed by atoms with Crippen molar-refractivity contribution in [1.82, 2.24) is 14.6 Å². The molecule has 2 aromatic carbocycles. The van der Waals surface area contributed by atoms with Gasteiger partial charge < -0.3 is 24.6 Å². The number of fused-ring (bicyclic) bond motifs is 6. The van der Waals surface area contributed by atoms with E-state index in [0.717, 1.165) is 35.3 Å². The number of aliphatic carboxylic acids is 1. The Hall–Kier alpha value is -4.28. The van der Waals surface area contributed by atoms with Crippen molar-refractivity contribution in [3.8, 4) is 28.1 Å². The van der Waals surface area contributed by atoms with Crippen LogP contribution in [0.15, 0.2) is 54.6 Å². The lowest BCUT2D eigenvalue weighted by molar-refractivity contribution is -0.136. The third kappa shape index (κ3) is 8.18. The fraction of sp³-hybridized carbons (Fsp3) is 0.432. The lowest BCUT2D eigenvalue weighted by Crippen LogP contribution is -2.45. The number of ether oxygens (including phenoxy) is 2. The number of carbonyl (C=O) groups is 1. The van der Waals surface area contributed by atoms with Crippen molar-refractivity contribution in [3.05, 3.63) is 77.3 Å². The van der Waals surface area contributed by atoms with E-state index in [0.29, 0.717) is 47.9 Å². The molecule has 0 aliphatic carbocycles. The van der Waals surface area contributed by atoms with Crippen molar-refractivity contribution in [2.45, 2.75) is 85.0 Å². The van der Waals surface area contributed by atoms with Gasteiger partial charge in [0.25, 0.3) is 0 Å². The van der Waals surface area contributed by atoms with Gasteiger partial charge in [-0.15, -0.1) is 0 Å². The zero-order valence-electron chi connectivity index (χ0n) is 28.3. The molecule has 3 aliphatic rings. The average Bonchev–Trinajstić information content (AvgIpc) is 3.40. The van der Waals surface area contributed by atoms with Crippen LogP contribution in [0.5, 0.6) is 5.75 Å². The molecule has 2 aromatic heterocycles. The third-order valence-corrected chi connectivity index (χ3v) is 8.22. The fourth-order valence-electron chi connectivity index (χ4n) is 5.93. The molecule has 0 spiro atoms. The fourth-order valence-corrected chi connectivity index (χ4v) is 5.93. The Bertz CT molecular complexity index is 1790. The quantitative estimate of drug-likeness (QED) is 0.226.